The number of amides is 1. The SMILES string of the molecule is CC(O)(CSc1ccc(C(F)(F)F)cc1)C(=O)Nc1ccc(S(F)(F)(F)(F)F)cc1. The van der Waals surface area contributed by atoms with E-state index >= 15 is 0 Å². The Morgan fingerprint density at radius 2 is 1.47 bits per heavy atom. The molecule has 0 aromatic heterocycles. The van der Waals surface area contributed by atoms with E-state index in [1.165, 1.54) is 0 Å². The third-order valence-electron chi connectivity index (χ3n) is 3.75. The van der Waals surface area contributed by atoms with Gasteiger partial charge in [-0.1, -0.05) is 19.4 Å². The fourth-order valence-electron chi connectivity index (χ4n) is 2.09. The van der Waals surface area contributed by atoms with Gasteiger partial charge in [0, 0.05) is 16.3 Å². The molecule has 1 atom stereocenters. The number of nitrogens with one attached hydrogen (secondary N) is 1. The van der Waals surface area contributed by atoms with E-state index in [0.717, 1.165) is 43.0 Å². The highest BCUT2D eigenvalue weighted by atomic mass is 32.5. The van der Waals surface area contributed by atoms with E-state index in [0.29, 0.717) is 17.0 Å². The highest BCUT2D eigenvalue weighted by Gasteiger charge is 2.65. The zero-order chi connectivity index (χ0) is 23.1. The molecule has 13 heteroatoms. The van der Waals surface area contributed by atoms with Crippen molar-refractivity contribution in [3.05, 3.63) is 54.1 Å². The zero-order valence-electron chi connectivity index (χ0n) is 15.0. The molecule has 2 aromatic carbocycles. The van der Waals surface area contributed by atoms with Gasteiger partial charge in [0.1, 0.15) is 10.5 Å². The fourth-order valence-corrected chi connectivity index (χ4v) is 3.65. The summed E-state index contributed by atoms with van der Waals surface area (Å²) in [6, 6.07) is 5.43. The Bertz CT molecular complexity index is 924. The minimum absolute atomic E-state index is 0.114. The largest absolute Gasteiger partial charge is 0.416 e. The van der Waals surface area contributed by atoms with Crippen LogP contribution < -0.4 is 5.32 Å². The predicted molar refractivity (Wildman–Crippen MR) is 99.3 cm³/mol. The molecule has 168 valence electrons. The molecule has 0 saturated carbocycles. The lowest BCUT2D eigenvalue weighted by Gasteiger charge is -2.40. The van der Waals surface area contributed by atoms with Gasteiger partial charge >= 0.3 is 16.4 Å². The Morgan fingerprint density at radius 1 is 0.967 bits per heavy atom. The van der Waals surface area contributed by atoms with E-state index in [2.05, 4.69) is 5.32 Å². The highest BCUT2D eigenvalue weighted by molar-refractivity contribution is 8.45. The van der Waals surface area contributed by atoms with Crippen LogP contribution in [0.1, 0.15) is 12.5 Å². The summed E-state index contributed by atoms with van der Waals surface area (Å²) in [5.74, 6) is -1.34. The van der Waals surface area contributed by atoms with Crippen molar-refractivity contribution in [2.45, 2.75) is 28.5 Å². The maximum atomic E-state index is 12.7. The van der Waals surface area contributed by atoms with Gasteiger partial charge < -0.3 is 10.4 Å². The minimum Gasteiger partial charge on any atom is -0.379 e. The number of anilines is 1. The first kappa shape index (κ1) is 24.3. The Morgan fingerprint density at radius 3 is 1.90 bits per heavy atom. The molecular formula is C17H15F8NO2S2. The first-order valence-corrected chi connectivity index (χ1v) is 10.9. The zero-order valence-corrected chi connectivity index (χ0v) is 16.7. The molecule has 0 bridgehead atoms. The molecule has 2 aromatic rings. The number of hydrogen-bond acceptors (Lipinski definition) is 3. The van der Waals surface area contributed by atoms with E-state index in [4.69, 9.17) is 0 Å². The number of thioether (sulfide) groups is 1. The van der Waals surface area contributed by atoms with Crippen LogP contribution in [-0.4, -0.2) is 22.4 Å². The maximum Gasteiger partial charge on any atom is 0.416 e. The van der Waals surface area contributed by atoms with Gasteiger partial charge in [0.2, 0.25) is 0 Å². The van der Waals surface area contributed by atoms with Crippen LogP contribution in [0.4, 0.5) is 38.3 Å². The van der Waals surface area contributed by atoms with Gasteiger partial charge in [-0.15, -0.1) is 11.8 Å². The fraction of sp³-hybridized carbons (Fsp3) is 0.235. The summed E-state index contributed by atoms with van der Waals surface area (Å²) in [6.45, 7) is 1.09. The lowest BCUT2D eigenvalue weighted by atomic mass is 10.1. The number of benzene rings is 2. The van der Waals surface area contributed by atoms with Crippen molar-refractivity contribution in [3.8, 4) is 0 Å². The Hall–Kier alpha value is -1.99. The van der Waals surface area contributed by atoms with Crippen molar-refractivity contribution in [2.24, 2.45) is 0 Å². The van der Waals surface area contributed by atoms with Crippen molar-refractivity contribution in [1.29, 1.82) is 0 Å². The second kappa shape index (κ2) is 7.02. The molecule has 0 aliphatic carbocycles. The Kier molecular flexibility index (Phi) is 5.68. The van der Waals surface area contributed by atoms with Gasteiger partial charge in [-0.2, -0.15) is 13.2 Å². The summed E-state index contributed by atoms with van der Waals surface area (Å²) in [4.78, 5) is 10.4. The second-order valence-electron chi connectivity index (χ2n) is 6.53. The molecule has 0 heterocycles. The van der Waals surface area contributed by atoms with Crippen LogP contribution in [0, 0.1) is 0 Å². The van der Waals surface area contributed by atoms with Gasteiger partial charge in [0.25, 0.3) is 5.91 Å². The third kappa shape index (κ3) is 6.51. The number of rotatable bonds is 6. The van der Waals surface area contributed by atoms with E-state index < -0.39 is 38.4 Å². The quantitative estimate of drug-likeness (QED) is 0.351. The number of halogens is 8. The summed E-state index contributed by atoms with van der Waals surface area (Å²) in [5, 5.41) is 12.3. The van der Waals surface area contributed by atoms with Crippen molar-refractivity contribution in [2.75, 3.05) is 11.1 Å². The van der Waals surface area contributed by atoms with Gasteiger partial charge in [0.05, 0.1) is 5.56 Å². The molecule has 0 radical (unpaired) electrons. The second-order valence-corrected chi connectivity index (χ2v) is 9.99. The van der Waals surface area contributed by atoms with Crippen molar-refractivity contribution in [1.82, 2.24) is 0 Å². The van der Waals surface area contributed by atoms with Crippen LogP contribution >= 0.6 is 22.0 Å². The minimum atomic E-state index is -9.84. The predicted octanol–water partition coefficient (Wildman–Crippen LogP) is 6.84. The summed E-state index contributed by atoms with van der Waals surface area (Å²) < 4.78 is 101. The van der Waals surface area contributed by atoms with Crippen LogP contribution in [0.25, 0.3) is 0 Å². The van der Waals surface area contributed by atoms with Crippen LogP contribution in [0.3, 0.4) is 0 Å². The third-order valence-corrected chi connectivity index (χ3v) is 6.22. The number of carbonyl (C=O) groups is 1. The van der Waals surface area contributed by atoms with Crippen LogP contribution in [0.2, 0.25) is 0 Å². The summed E-state index contributed by atoms with van der Waals surface area (Å²) >= 11 is 0.869. The monoisotopic (exact) mass is 481 g/mol. The molecular weight excluding hydrogens is 466 g/mol. The molecule has 30 heavy (non-hydrogen) atoms. The van der Waals surface area contributed by atoms with Crippen LogP contribution in [-0.2, 0) is 11.0 Å². The molecule has 2 rings (SSSR count). The van der Waals surface area contributed by atoms with Gasteiger partial charge in [-0.25, -0.2) is 0 Å². The average Bonchev–Trinajstić information content (AvgIpc) is 2.58. The van der Waals surface area contributed by atoms with Crippen molar-refractivity contribution >= 4 is 33.6 Å². The smallest absolute Gasteiger partial charge is 0.379 e. The molecule has 0 aliphatic rings. The average molecular weight is 481 g/mol. The summed E-state index contributed by atoms with van der Waals surface area (Å²) in [6.07, 6.45) is -4.51. The molecule has 3 nitrogen and oxygen atoms in total. The molecule has 1 unspecified atom stereocenters. The van der Waals surface area contributed by atoms with E-state index in [1.54, 1.807) is 0 Å². The van der Waals surface area contributed by atoms with E-state index in [9.17, 15) is 42.5 Å². The maximum absolute atomic E-state index is 12.7. The van der Waals surface area contributed by atoms with E-state index in [-0.39, 0.29) is 23.6 Å². The van der Waals surface area contributed by atoms with Gasteiger partial charge in [-0.05, 0) is 55.5 Å². The number of hydrogen-bond donors (Lipinski definition) is 2. The van der Waals surface area contributed by atoms with Gasteiger partial charge in [-0.3, -0.25) is 4.79 Å². The highest BCUT2D eigenvalue weighted by Crippen LogP contribution is 3.02. The number of carbonyl (C=O) groups excluding carboxylic acids is 1. The number of alkyl halides is 3. The standard InChI is InChI=1S/C17H15F8NO2S2/c1-16(28,10-29-13-6-2-11(3-7-13)17(18,19)20)15(27)26-12-4-8-14(9-5-12)30(21,22,23,24)25/h2-9,28H,10H2,1H3,(H,26,27). The first-order valence-electron chi connectivity index (χ1n) is 7.96. The van der Waals surface area contributed by atoms with Crippen molar-refractivity contribution < 1.29 is 42.5 Å². The lowest BCUT2D eigenvalue weighted by Crippen LogP contribution is -2.42. The summed E-state index contributed by atoms with van der Waals surface area (Å²) in [7, 11) is -9.84. The molecule has 0 fully saturated rings. The molecule has 0 saturated heterocycles. The molecule has 1 amide bonds. The molecule has 2 N–H and O–H groups in total. The Labute approximate surface area is 170 Å². The Balaban J connectivity index is 2.02. The lowest BCUT2D eigenvalue weighted by molar-refractivity contribution is -0.137. The van der Waals surface area contributed by atoms with Crippen LogP contribution in [0.5, 0.6) is 0 Å². The normalized spacial score (nSPS) is 16.9. The molecule has 0 aliphatic heterocycles. The van der Waals surface area contributed by atoms with Crippen LogP contribution in [0.15, 0.2) is 58.3 Å². The van der Waals surface area contributed by atoms with E-state index in [1.807, 2.05) is 0 Å². The number of aliphatic hydroxyl groups is 1. The topological polar surface area (TPSA) is 49.3 Å². The molecule has 0 spiro atoms. The van der Waals surface area contributed by atoms with Crippen molar-refractivity contribution in [3.63, 3.8) is 0 Å². The first-order chi connectivity index (χ1) is 13.3. The van der Waals surface area contributed by atoms with Gasteiger partial charge in [0.15, 0.2) is 0 Å². The summed E-state index contributed by atoms with van der Waals surface area (Å²) in [5.41, 5.74) is -3.19.